The summed E-state index contributed by atoms with van der Waals surface area (Å²) in [7, 11) is 0. The van der Waals surface area contributed by atoms with Crippen LogP contribution in [0.3, 0.4) is 0 Å². The number of carbonyl (C=O) groups excluding carboxylic acids is 2. The molecule has 4 heterocycles. The Morgan fingerprint density at radius 3 is 2.74 bits per heavy atom. The van der Waals surface area contributed by atoms with Crippen LogP contribution in [0.2, 0.25) is 0 Å². The van der Waals surface area contributed by atoms with Crippen molar-refractivity contribution in [1.29, 1.82) is 0 Å². The average Bonchev–Trinajstić information content (AvgIpc) is 3.63. The van der Waals surface area contributed by atoms with Crippen molar-refractivity contribution in [2.75, 3.05) is 0 Å². The van der Waals surface area contributed by atoms with Gasteiger partial charge in [-0.15, -0.1) is 0 Å². The van der Waals surface area contributed by atoms with Crippen LogP contribution in [0.25, 0.3) is 0 Å². The zero-order chi connectivity index (χ0) is 24.4. The minimum Gasteiger partial charge on any atom is -0.508 e. The number of benzene rings is 1. The Morgan fingerprint density at radius 1 is 1.14 bits per heavy atom. The standard InChI is InChI=1S/C26H22N4O5/c1-16-8-9-23(35-16)25(32)28-15-24-19(10-12-34-24)26(33)30-21(18-6-2-3-7-22(18)31)13-20(29-30)17-5-4-11-27-14-17/h2-12,14,21,31H,13,15H2,1H3,(H,28,32). The van der Waals surface area contributed by atoms with Crippen LogP contribution in [0.1, 0.15) is 56.0 Å². The third kappa shape index (κ3) is 4.43. The number of aromatic nitrogens is 1. The van der Waals surface area contributed by atoms with E-state index < -0.39 is 17.9 Å². The van der Waals surface area contributed by atoms with E-state index in [-0.39, 0.29) is 29.4 Å². The summed E-state index contributed by atoms with van der Waals surface area (Å²) >= 11 is 0. The predicted molar refractivity (Wildman–Crippen MR) is 126 cm³/mol. The number of phenols is 1. The summed E-state index contributed by atoms with van der Waals surface area (Å²) in [5.41, 5.74) is 2.30. The molecule has 5 rings (SSSR count). The number of furan rings is 2. The maximum absolute atomic E-state index is 13.6. The van der Waals surface area contributed by atoms with Gasteiger partial charge in [0.15, 0.2) is 5.76 Å². The Balaban J connectivity index is 1.42. The molecule has 9 nitrogen and oxygen atoms in total. The van der Waals surface area contributed by atoms with E-state index in [1.807, 2.05) is 6.07 Å². The van der Waals surface area contributed by atoms with E-state index in [0.717, 1.165) is 5.56 Å². The minimum absolute atomic E-state index is 0.0130. The second-order valence-corrected chi connectivity index (χ2v) is 8.07. The van der Waals surface area contributed by atoms with Crippen molar-refractivity contribution < 1.29 is 23.5 Å². The number of hydrogen-bond donors (Lipinski definition) is 2. The molecule has 1 aliphatic heterocycles. The zero-order valence-electron chi connectivity index (χ0n) is 18.8. The van der Waals surface area contributed by atoms with E-state index >= 15 is 0 Å². The van der Waals surface area contributed by atoms with Gasteiger partial charge in [-0.3, -0.25) is 14.6 Å². The lowest BCUT2D eigenvalue weighted by Crippen LogP contribution is -2.29. The number of hydrazone groups is 1. The van der Waals surface area contributed by atoms with Crippen LogP contribution in [-0.2, 0) is 6.54 Å². The van der Waals surface area contributed by atoms with Crippen LogP contribution in [0.15, 0.2) is 87.2 Å². The highest BCUT2D eigenvalue weighted by Crippen LogP contribution is 2.38. The molecule has 3 aromatic heterocycles. The molecule has 0 spiro atoms. The van der Waals surface area contributed by atoms with Gasteiger partial charge in [-0.05, 0) is 37.3 Å². The quantitative estimate of drug-likeness (QED) is 0.436. The first-order valence-corrected chi connectivity index (χ1v) is 11.0. The van der Waals surface area contributed by atoms with E-state index in [2.05, 4.69) is 15.4 Å². The molecule has 0 bridgehead atoms. The van der Waals surface area contributed by atoms with Gasteiger partial charge in [-0.2, -0.15) is 5.10 Å². The number of nitrogens with one attached hydrogen (secondary N) is 1. The topological polar surface area (TPSA) is 121 Å². The van der Waals surface area contributed by atoms with Crippen LogP contribution in [0, 0.1) is 6.92 Å². The maximum Gasteiger partial charge on any atom is 0.287 e. The highest BCUT2D eigenvalue weighted by atomic mass is 16.4. The van der Waals surface area contributed by atoms with E-state index in [1.54, 1.807) is 67.8 Å². The fraction of sp³-hybridized carbons (Fsp3) is 0.154. The molecule has 1 unspecified atom stereocenters. The van der Waals surface area contributed by atoms with Crippen molar-refractivity contribution in [2.45, 2.75) is 25.9 Å². The molecule has 1 aromatic carbocycles. The van der Waals surface area contributed by atoms with Crippen LogP contribution >= 0.6 is 0 Å². The normalized spacial score (nSPS) is 15.2. The van der Waals surface area contributed by atoms with E-state index in [9.17, 15) is 14.7 Å². The van der Waals surface area contributed by atoms with Crippen molar-refractivity contribution in [1.82, 2.24) is 15.3 Å². The summed E-state index contributed by atoms with van der Waals surface area (Å²) in [5, 5.41) is 19.2. The van der Waals surface area contributed by atoms with Crippen molar-refractivity contribution >= 4 is 17.5 Å². The molecule has 4 aromatic rings. The number of para-hydroxylation sites is 1. The Bertz CT molecular complexity index is 1410. The molecule has 0 saturated heterocycles. The molecular formula is C26H22N4O5. The number of aromatic hydroxyl groups is 1. The van der Waals surface area contributed by atoms with Gasteiger partial charge < -0.3 is 19.3 Å². The van der Waals surface area contributed by atoms with Crippen LogP contribution in [-0.4, -0.2) is 32.6 Å². The van der Waals surface area contributed by atoms with Crippen LogP contribution < -0.4 is 5.32 Å². The Morgan fingerprint density at radius 2 is 2.00 bits per heavy atom. The maximum atomic E-state index is 13.6. The minimum atomic E-state index is -0.526. The van der Waals surface area contributed by atoms with Crippen LogP contribution in [0.4, 0.5) is 0 Å². The molecule has 0 fully saturated rings. The van der Waals surface area contributed by atoms with Gasteiger partial charge in [0.25, 0.3) is 11.8 Å². The van der Waals surface area contributed by atoms with Crippen molar-refractivity contribution in [3.05, 3.63) is 107 Å². The lowest BCUT2D eigenvalue weighted by molar-refractivity contribution is 0.0705. The number of aryl methyl sites for hydroxylation is 1. The monoisotopic (exact) mass is 470 g/mol. The van der Waals surface area contributed by atoms with Crippen molar-refractivity contribution in [3.63, 3.8) is 0 Å². The number of hydrogen-bond acceptors (Lipinski definition) is 7. The molecule has 2 N–H and O–H groups in total. The summed E-state index contributed by atoms with van der Waals surface area (Å²) in [6.07, 6.45) is 5.14. The van der Waals surface area contributed by atoms with Gasteiger partial charge in [0.2, 0.25) is 0 Å². The van der Waals surface area contributed by atoms with Gasteiger partial charge in [0, 0.05) is 29.9 Å². The van der Waals surface area contributed by atoms with Gasteiger partial charge >= 0.3 is 0 Å². The van der Waals surface area contributed by atoms with Crippen molar-refractivity contribution in [3.8, 4) is 5.75 Å². The third-order valence-electron chi connectivity index (χ3n) is 5.76. The fourth-order valence-corrected chi connectivity index (χ4v) is 4.01. The van der Waals surface area contributed by atoms with Gasteiger partial charge in [0.05, 0.1) is 30.1 Å². The Kier molecular flexibility index (Phi) is 5.88. The molecule has 9 heteroatoms. The molecule has 1 aliphatic rings. The number of nitrogens with zero attached hydrogens (tertiary/aromatic N) is 3. The summed E-state index contributed by atoms with van der Waals surface area (Å²) in [6.45, 7) is 1.73. The lowest BCUT2D eigenvalue weighted by atomic mass is 9.98. The van der Waals surface area contributed by atoms with E-state index in [1.165, 1.54) is 11.3 Å². The molecule has 1 atom stereocenters. The number of phenolic OH excluding ortho intramolecular Hbond substituents is 1. The first-order valence-electron chi connectivity index (χ1n) is 11.0. The molecule has 176 valence electrons. The SMILES string of the molecule is Cc1ccc(C(=O)NCc2occc2C(=O)N2N=C(c3cccnc3)CC2c2ccccc2O)o1. The first kappa shape index (κ1) is 22.1. The second kappa shape index (κ2) is 9.30. The molecule has 0 radical (unpaired) electrons. The third-order valence-corrected chi connectivity index (χ3v) is 5.76. The molecular weight excluding hydrogens is 448 g/mol. The van der Waals surface area contributed by atoms with Gasteiger partial charge in [-0.1, -0.05) is 24.3 Å². The summed E-state index contributed by atoms with van der Waals surface area (Å²) in [4.78, 5) is 30.2. The molecule has 35 heavy (non-hydrogen) atoms. The highest BCUT2D eigenvalue weighted by Gasteiger charge is 2.36. The zero-order valence-corrected chi connectivity index (χ0v) is 18.8. The number of amides is 2. The largest absolute Gasteiger partial charge is 0.508 e. The smallest absolute Gasteiger partial charge is 0.287 e. The molecule has 0 aliphatic carbocycles. The Hall–Kier alpha value is -4.66. The first-order chi connectivity index (χ1) is 17.0. The summed E-state index contributed by atoms with van der Waals surface area (Å²) in [5.74, 6) is 0.323. The number of rotatable bonds is 6. The van der Waals surface area contributed by atoms with E-state index in [0.29, 0.717) is 23.5 Å². The second-order valence-electron chi connectivity index (χ2n) is 8.07. The molecule has 0 saturated carbocycles. The number of pyridine rings is 1. The van der Waals surface area contributed by atoms with Gasteiger partial charge in [-0.25, -0.2) is 5.01 Å². The summed E-state index contributed by atoms with van der Waals surface area (Å²) in [6, 6.07) is 14.8. The highest BCUT2D eigenvalue weighted by molar-refractivity contribution is 6.05. The Labute approximate surface area is 200 Å². The predicted octanol–water partition coefficient (Wildman–Crippen LogP) is 4.20. The van der Waals surface area contributed by atoms with Crippen LogP contribution in [0.5, 0.6) is 5.75 Å². The fourth-order valence-electron chi connectivity index (χ4n) is 4.01. The molecule has 2 amide bonds. The average molecular weight is 470 g/mol. The van der Waals surface area contributed by atoms with Crippen molar-refractivity contribution in [2.24, 2.45) is 5.10 Å². The number of carbonyl (C=O) groups is 2. The van der Waals surface area contributed by atoms with Gasteiger partial charge in [0.1, 0.15) is 17.3 Å². The lowest BCUT2D eigenvalue weighted by Gasteiger charge is -2.22. The van der Waals surface area contributed by atoms with E-state index in [4.69, 9.17) is 8.83 Å². The summed E-state index contributed by atoms with van der Waals surface area (Å²) < 4.78 is 10.9.